The molecule has 0 spiro atoms. The molecule has 0 radical (unpaired) electrons. The normalized spacial score (nSPS) is 10.6. The van der Waals surface area contributed by atoms with Crippen LogP contribution in [-0.2, 0) is 6.42 Å². The molecule has 0 aliphatic rings. The predicted molar refractivity (Wildman–Crippen MR) is 83.4 cm³/mol. The van der Waals surface area contributed by atoms with E-state index in [0.717, 1.165) is 0 Å². The van der Waals surface area contributed by atoms with E-state index in [-0.39, 0.29) is 11.5 Å². The van der Waals surface area contributed by atoms with Crippen molar-refractivity contribution in [3.63, 3.8) is 0 Å². The largest absolute Gasteiger partial charge is 0.507 e. The van der Waals surface area contributed by atoms with Gasteiger partial charge in [-0.2, -0.15) is 0 Å². The van der Waals surface area contributed by atoms with Gasteiger partial charge in [-0.1, -0.05) is 31.2 Å². The summed E-state index contributed by atoms with van der Waals surface area (Å²) in [4.78, 5) is 13.1. The molecule has 1 heterocycles. The van der Waals surface area contributed by atoms with E-state index >= 15 is 0 Å². The van der Waals surface area contributed by atoms with Crippen molar-refractivity contribution in [3.8, 4) is 34.3 Å². The summed E-state index contributed by atoms with van der Waals surface area (Å²) in [5.41, 5.74) is 1.08. The number of aryl methyl sites for hydroxylation is 1. The lowest BCUT2D eigenvalue weighted by atomic mass is 10.1. The molecule has 5 heteroatoms. The maximum absolute atomic E-state index is 9.99. The first-order chi connectivity index (χ1) is 10.7. The molecule has 2 aromatic carbocycles. The second kappa shape index (κ2) is 5.81. The lowest BCUT2D eigenvalue weighted by Gasteiger charge is -2.08. The molecular weight excluding hydrogens is 278 g/mol. The number of nitrogens with zero attached hydrogens (tertiary/aromatic N) is 3. The molecule has 2 N–H and O–H groups in total. The lowest BCUT2D eigenvalue weighted by molar-refractivity contribution is 0.476. The summed E-state index contributed by atoms with van der Waals surface area (Å²) in [6, 6.07) is 13.8. The standard InChI is InChI=1S/C17H15N3O2/c1-2-15-18-16(11-7-3-5-9-13(11)21)20-17(19-15)12-8-4-6-10-14(12)22/h3-10,21-22H,2H2,1H3. The van der Waals surface area contributed by atoms with E-state index in [0.29, 0.717) is 35.0 Å². The van der Waals surface area contributed by atoms with Crippen LogP contribution in [0.3, 0.4) is 0 Å². The molecule has 0 atom stereocenters. The molecule has 110 valence electrons. The summed E-state index contributed by atoms with van der Waals surface area (Å²) >= 11 is 0. The number of para-hydroxylation sites is 2. The Labute approximate surface area is 128 Å². The minimum atomic E-state index is 0.110. The first-order valence-electron chi connectivity index (χ1n) is 7.00. The highest BCUT2D eigenvalue weighted by molar-refractivity contribution is 5.68. The SMILES string of the molecule is CCc1nc(-c2ccccc2O)nc(-c2ccccc2O)n1. The van der Waals surface area contributed by atoms with Gasteiger partial charge in [-0.3, -0.25) is 0 Å². The monoisotopic (exact) mass is 293 g/mol. The minimum Gasteiger partial charge on any atom is -0.507 e. The van der Waals surface area contributed by atoms with Crippen LogP contribution in [0.15, 0.2) is 48.5 Å². The Morgan fingerprint density at radius 3 is 1.59 bits per heavy atom. The van der Waals surface area contributed by atoms with E-state index in [1.54, 1.807) is 36.4 Å². The number of phenolic OH excluding ortho intramolecular Hbond substituents is 2. The Bertz CT molecular complexity index is 755. The van der Waals surface area contributed by atoms with Crippen molar-refractivity contribution >= 4 is 0 Å². The third kappa shape index (κ3) is 2.61. The Balaban J connectivity index is 2.20. The number of benzene rings is 2. The fourth-order valence-corrected chi connectivity index (χ4v) is 2.14. The van der Waals surface area contributed by atoms with Gasteiger partial charge in [0.1, 0.15) is 17.3 Å². The average Bonchev–Trinajstić information content (AvgIpc) is 2.55. The summed E-state index contributed by atoms with van der Waals surface area (Å²) < 4.78 is 0. The van der Waals surface area contributed by atoms with Crippen LogP contribution in [0.1, 0.15) is 12.7 Å². The molecule has 1 aromatic heterocycles. The molecule has 0 aliphatic heterocycles. The molecule has 0 amide bonds. The molecule has 0 saturated carbocycles. The smallest absolute Gasteiger partial charge is 0.167 e. The average molecular weight is 293 g/mol. The minimum absolute atomic E-state index is 0.110. The number of hydrogen-bond acceptors (Lipinski definition) is 5. The highest BCUT2D eigenvalue weighted by Crippen LogP contribution is 2.30. The van der Waals surface area contributed by atoms with E-state index in [2.05, 4.69) is 15.0 Å². The summed E-state index contributed by atoms with van der Waals surface area (Å²) in [5.74, 6) is 1.61. The van der Waals surface area contributed by atoms with Crippen LogP contribution in [0.25, 0.3) is 22.8 Å². The third-order valence-electron chi connectivity index (χ3n) is 3.29. The summed E-state index contributed by atoms with van der Waals surface area (Å²) in [6.07, 6.45) is 0.629. The fraction of sp³-hybridized carbons (Fsp3) is 0.118. The molecule has 0 aliphatic carbocycles. The number of phenols is 2. The van der Waals surface area contributed by atoms with E-state index in [1.807, 2.05) is 19.1 Å². The van der Waals surface area contributed by atoms with Crippen molar-refractivity contribution in [1.29, 1.82) is 0 Å². The van der Waals surface area contributed by atoms with Gasteiger partial charge in [0.15, 0.2) is 11.6 Å². The van der Waals surface area contributed by atoms with Crippen molar-refractivity contribution in [3.05, 3.63) is 54.4 Å². The number of hydrogen-bond donors (Lipinski definition) is 2. The van der Waals surface area contributed by atoms with Gasteiger partial charge in [0.2, 0.25) is 0 Å². The molecule has 5 nitrogen and oxygen atoms in total. The van der Waals surface area contributed by atoms with Crippen LogP contribution < -0.4 is 0 Å². The Kier molecular flexibility index (Phi) is 3.70. The molecule has 0 saturated heterocycles. The van der Waals surface area contributed by atoms with Gasteiger partial charge >= 0.3 is 0 Å². The predicted octanol–water partition coefficient (Wildman–Crippen LogP) is 3.18. The van der Waals surface area contributed by atoms with Gasteiger partial charge < -0.3 is 10.2 Å². The van der Waals surface area contributed by atoms with E-state index in [9.17, 15) is 10.2 Å². The molecule has 3 rings (SSSR count). The van der Waals surface area contributed by atoms with Crippen molar-refractivity contribution in [1.82, 2.24) is 15.0 Å². The van der Waals surface area contributed by atoms with Crippen LogP contribution in [0.2, 0.25) is 0 Å². The van der Waals surface area contributed by atoms with Crippen molar-refractivity contribution in [2.75, 3.05) is 0 Å². The maximum atomic E-state index is 9.99. The van der Waals surface area contributed by atoms with Gasteiger partial charge in [0.05, 0.1) is 11.1 Å². The fourth-order valence-electron chi connectivity index (χ4n) is 2.14. The summed E-state index contributed by atoms with van der Waals surface area (Å²) in [5, 5.41) is 20.0. The zero-order chi connectivity index (χ0) is 15.5. The van der Waals surface area contributed by atoms with Crippen LogP contribution in [-0.4, -0.2) is 25.2 Å². The van der Waals surface area contributed by atoms with E-state index < -0.39 is 0 Å². The van der Waals surface area contributed by atoms with Gasteiger partial charge in [-0.05, 0) is 24.3 Å². The molecular formula is C17H15N3O2. The zero-order valence-corrected chi connectivity index (χ0v) is 12.1. The highest BCUT2D eigenvalue weighted by Gasteiger charge is 2.14. The summed E-state index contributed by atoms with van der Waals surface area (Å²) in [7, 11) is 0. The molecule has 22 heavy (non-hydrogen) atoms. The lowest BCUT2D eigenvalue weighted by Crippen LogP contribution is -2.02. The third-order valence-corrected chi connectivity index (χ3v) is 3.29. The second-order valence-corrected chi connectivity index (χ2v) is 4.79. The van der Waals surface area contributed by atoms with Gasteiger partial charge in [-0.25, -0.2) is 15.0 Å². The van der Waals surface area contributed by atoms with Crippen LogP contribution in [0.4, 0.5) is 0 Å². The van der Waals surface area contributed by atoms with Crippen molar-refractivity contribution in [2.45, 2.75) is 13.3 Å². The molecule has 0 unspecified atom stereocenters. The number of rotatable bonds is 3. The molecule has 0 bridgehead atoms. The summed E-state index contributed by atoms with van der Waals surface area (Å²) in [6.45, 7) is 1.94. The quantitative estimate of drug-likeness (QED) is 0.775. The zero-order valence-electron chi connectivity index (χ0n) is 12.1. The number of aromatic nitrogens is 3. The van der Waals surface area contributed by atoms with Crippen LogP contribution in [0.5, 0.6) is 11.5 Å². The first kappa shape index (κ1) is 14.0. The number of aromatic hydroxyl groups is 2. The maximum Gasteiger partial charge on any atom is 0.167 e. The Hall–Kier alpha value is -2.95. The molecule has 3 aromatic rings. The van der Waals surface area contributed by atoms with E-state index in [1.165, 1.54) is 0 Å². The van der Waals surface area contributed by atoms with E-state index in [4.69, 9.17) is 0 Å². The van der Waals surface area contributed by atoms with Crippen molar-refractivity contribution in [2.24, 2.45) is 0 Å². The Morgan fingerprint density at radius 2 is 1.18 bits per heavy atom. The highest BCUT2D eigenvalue weighted by atomic mass is 16.3. The van der Waals surface area contributed by atoms with Crippen LogP contribution in [0, 0.1) is 0 Å². The van der Waals surface area contributed by atoms with Crippen LogP contribution >= 0.6 is 0 Å². The topological polar surface area (TPSA) is 79.1 Å². The van der Waals surface area contributed by atoms with Crippen molar-refractivity contribution < 1.29 is 10.2 Å². The second-order valence-electron chi connectivity index (χ2n) is 4.79. The van der Waals surface area contributed by atoms with Gasteiger partial charge in [-0.15, -0.1) is 0 Å². The first-order valence-corrected chi connectivity index (χ1v) is 7.00. The molecule has 0 fully saturated rings. The van der Waals surface area contributed by atoms with Gasteiger partial charge in [0, 0.05) is 6.42 Å². The Morgan fingerprint density at radius 1 is 0.727 bits per heavy atom. The van der Waals surface area contributed by atoms with Gasteiger partial charge in [0.25, 0.3) is 0 Å².